The summed E-state index contributed by atoms with van der Waals surface area (Å²) in [6.07, 6.45) is 1.15. The smallest absolute Gasteiger partial charge is 0.126 e. The van der Waals surface area contributed by atoms with Crippen LogP contribution >= 0.6 is 0 Å². The largest absolute Gasteiger partial charge is 0.380 e. The molecule has 0 aliphatic rings. The number of hydrogen-bond donors (Lipinski definition) is 0. The van der Waals surface area contributed by atoms with Gasteiger partial charge in [0.05, 0.1) is 6.61 Å². The van der Waals surface area contributed by atoms with E-state index in [0.29, 0.717) is 18.6 Å². The molecule has 0 saturated heterocycles. The van der Waals surface area contributed by atoms with Crippen LogP contribution in [0.25, 0.3) is 0 Å². The Morgan fingerprint density at radius 2 is 2.27 bits per heavy atom. The summed E-state index contributed by atoms with van der Waals surface area (Å²) in [5, 5.41) is 0. The Balaban J connectivity index is 2.93. The molecule has 0 aliphatic heterocycles. The Morgan fingerprint density at radius 3 is 2.87 bits per heavy atom. The van der Waals surface area contributed by atoms with Crippen molar-refractivity contribution in [3.05, 3.63) is 35.1 Å². The second kappa shape index (κ2) is 5.61. The van der Waals surface area contributed by atoms with Crippen LogP contribution in [0.1, 0.15) is 30.4 Å². The van der Waals surface area contributed by atoms with Gasteiger partial charge in [0.1, 0.15) is 12.1 Å². The van der Waals surface area contributed by atoms with E-state index in [1.54, 1.807) is 19.2 Å². The van der Waals surface area contributed by atoms with Crippen molar-refractivity contribution in [2.75, 3.05) is 7.11 Å². The lowest BCUT2D eigenvalue weighted by molar-refractivity contribution is -0.108. The first kappa shape index (κ1) is 11.9. The molecule has 2 nitrogen and oxygen atoms in total. The van der Waals surface area contributed by atoms with Crippen molar-refractivity contribution in [1.82, 2.24) is 0 Å². The molecule has 0 fully saturated rings. The average Bonchev–Trinajstić information content (AvgIpc) is 2.21. The standard InChI is InChI=1S/C12H15FO2/c1-9(5-6-14)11-7-10(8-15-2)3-4-12(11)13/h3-4,6-7,9H,5,8H2,1-2H3. The molecule has 0 bridgehead atoms. The predicted octanol–water partition coefficient (Wildman–Crippen LogP) is 2.66. The van der Waals surface area contributed by atoms with Gasteiger partial charge in [-0.3, -0.25) is 0 Å². The van der Waals surface area contributed by atoms with Gasteiger partial charge >= 0.3 is 0 Å². The fraction of sp³-hybridized carbons (Fsp3) is 0.417. The van der Waals surface area contributed by atoms with Gasteiger partial charge in [-0.2, -0.15) is 0 Å². The van der Waals surface area contributed by atoms with Crippen LogP contribution < -0.4 is 0 Å². The second-order valence-corrected chi connectivity index (χ2v) is 3.59. The fourth-order valence-corrected chi connectivity index (χ4v) is 1.50. The Labute approximate surface area is 89.1 Å². The molecule has 1 aromatic carbocycles. The Bertz CT molecular complexity index is 336. The van der Waals surface area contributed by atoms with Gasteiger partial charge in [-0.25, -0.2) is 4.39 Å². The summed E-state index contributed by atoms with van der Waals surface area (Å²) in [4.78, 5) is 10.4. The summed E-state index contributed by atoms with van der Waals surface area (Å²) >= 11 is 0. The Hall–Kier alpha value is -1.22. The summed E-state index contributed by atoms with van der Waals surface area (Å²) in [6.45, 7) is 2.30. The van der Waals surface area contributed by atoms with E-state index >= 15 is 0 Å². The van der Waals surface area contributed by atoms with Crippen LogP contribution in [0.2, 0.25) is 0 Å². The van der Waals surface area contributed by atoms with E-state index in [-0.39, 0.29) is 11.7 Å². The molecular weight excluding hydrogens is 195 g/mol. The van der Waals surface area contributed by atoms with E-state index in [9.17, 15) is 9.18 Å². The number of carbonyl (C=O) groups excluding carboxylic acids is 1. The van der Waals surface area contributed by atoms with Gasteiger partial charge < -0.3 is 9.53 Å². The monoisotopic (exact) mass is 210 g/mol. The van der Waals surface area contributed by atoms with Gasteiger partial charge in [0.15, 0.2) is 0 Å². The van der Waals surface area contributed by atoms with Gasteiger partial charge in [-0.15, -0.1) is 0 Å². The summed E-state index contributed by atoms with van der Waals surface area (Å²) in [5.74, 6) is -0.344. The predicted molar refractivity (Wildman–Crippen MR) is 56.2 cm³/mol. The van der Waals surface area contributed by atoms with E-state index < -0.39 is 0 Å². The molecule has 15 heavy (non-hydrogen) atoms. The van der Waals surface area contributed by atoms with Crippen LogP contribution in [0, 0.1) is 5.82 Å². The molecule has 3 heteroatoms. The number of rotatable bonds is 5. The van der Waals surface area contributed by atoms with E-state index in [0.717, 1.165) is 11.8 Å². The van der Waals surface area contributed by atoms with Crippen LogP contribution in [0.4, 0.5) is 4.39 Å². The zero-order valence-electron chi connectivity index (χ0n) is 9.00. The summed E-state index contributed by atoms with van der Waals surface area (Å²) in [5.41, 5.74) is 1.50. The van der Waals surface area contributed by atoms with Crippen LogP contribution in [0.3, 0.4) is 0 Å². The van der Waals surface area contributed by atoms with Gasteiger partial charge in [0.2, 0.25) is 0 Å². The fourth-order valence-electron chi connectivity index (χ4n) is 1.50. The molecule has 0 radical (unpaired) electrons. The number of halogens is 1. The van der Waals surface area contributed by atoms with Crippen molar-refractivity contribution >= 4 is 6.29 Å². The van der Waals surface area contributed by atoms with Crippen LogP contribution in [0.5, 0.6) is 0 Å². The molecule has 1 unspecified atom stereocenters. The second-order valence-electron chi connectivity index (χ2n) is 3.59. The molecule has 1 atom stereocenters. The van der Waals surface area contributed by atoms with Gasteiger partial charge in [-0.05, 0) is 23.1 Å². The minimum atomic E-state index is -0.260. The third-order valence-corrected chi connectivity index (χ3v) is 2.35. The molecule has 0 heterocycles. The van der Waals surface area contributed by atoms with E-state index in [4.69, 9.17) is 4.74 Å². The number of benzene rings is 1. The Morgan fingerprint density at radius 1 is 1.53 bits per heavy atom. The van der Waals surface area contributed by atoms with Crippen molar-refractivity contribution < 1.29 is 13.9 Å². The average molecular weight is 210 g/mol. The summed E-state index contributed by atoms with van der Waals surface area (Å²) in [7, 11) is 1.60. The Kier molecular flexibility index (Phi) is 4.43. The lowest BCUT2D eigenvalue weighted by Crippen LogP contribution is -2.00. The number of methoxy groups -OCH3 is 1. The van der Waals surface area contributed by atoms with Crippen molar-refractivity contribution in [2.24, 2.45) is 0 Å². The highest BCUT2D eigenvalue weighted by Gasteiger charge is 2.11. The first-order chi connectivity index (χ1) is 7.19. The third-order valence-electron chi connectivity index (χ3n) is 2.35. The van der Waals surface area contributed by atoms with Gasteiger partial charge in [-0.1, -0.05) is 19.1 Å². The molecule has 0 aromatic heterocycles. The zero-order chi connectivity index (χ0) is 11.3. The lowest BCUT2D eigenvalue weighted by atomic mass is 9.96. The van der Waals surface area contributed by atoms with Gasteiger partial charge in [0.25, 0.3) is 0 Å². The first-order valence-electron chi connectivity index (χ1n) is 4.90. The maximum absolute atomic E-state index is 13.4. The van der Waals surface area contributed by atoms with Crippen LogP contribution in [-0.2, 0) is 16.1 Å². The van der Waals surface area contributed by atoms with Crippen molar-refractivity contribution in [2.45, 2.75) is 25.9 Å². The highest BCUT2D eigenvalue weighted by atomic mass is 19.1. The van der Waals surface area contributed by atoms with Crippen LogP contribution in [-0.4, -0.2) is 13.4 Å². The zero-order valence-corrected chi connectivity index (χ0v) is 9.00. The highest BCUT2D eigenvalue weighted by molar-refractivity contribution is 5.51. The van der Waals surface area contributed by atoms with E-state index in [2.05, 4.69) is 0 Å². The van der Waals surface area contributed by atoms with Gasteiger partial charge in [0, 0.05) is 13.5 Å². The topological polar surface area (TPSA) is 26.3 Å². The molecule has 0 spiro atoms. The number of ether oxygens (including phenoxy) is 1. The molecular formula is C12H15FO2. The normalized spacial score (nSPS) is 12.5. The van der Waals surface area contributed by atoms with Crippen molar-refractivity contribution in [3.63, 3.8) is 0 Å². The van der Waals surface area contributed by atoms with E-state index in [1.165, 1.54) is 6.07 Å². The molecule has 0 amide bonds. The molecule has 0 N–H and O–H groups in total. The molecule has 0 saturated carbocycles. The number of aldehydes is 1. The maximum Gasteiger partial charge on any atom is 0.126 e. The maximum atomic E-state index is 13.4. The first-order valence-corrected chi connectivity index (χ1v) is 4.90. The number of hydrogen-bond acceptors (Lipinski definition) is 2. The summed E-state index contributed by atoms with van der Waals surface area (Å²) in [6, 6.07) is 4.87. The SMILES string of the molecule is COCc1ccc(F)c(C(C)CC=O)c1. The lowest BCUT2D eigenvalue weighted by Gasteiger charge is -2.11. The van der Waals surface area contributed by atoms with Crippen LogP contribution in [0.15, 0.2) is 18.2 Å². The molecule has 82 valence electrons. The van der Waals surface area contributed by atoms with Crippen molar-refractivity contribution in [1.29, 1.82) is 0 Å². The van der Waals surface area contributed by atoms with E-state index in [1.807, 2.05) is 6.92 Å². The third kappa shape index (κ3) is 3.13. The minimum absolute atomic E-state index is 0.0840. The molecule has 0 aliphatic carbocycles. The highest BCUT2D eigenvalue weighted by Crippen LogP contribution is 2.22. The molecule has 1 rings (SSSR count). The summed E-state index contributed by atoms with van der Waals surface area (Å²) < 4.78 is 18.4. The number of carbonyl (C=O) groups is 1. The quantitative estimate of drug-likeness (QED) is 0.698. The minimum Gasteiger partial charge on any atom is -0.380 e. The molecule has 1 aromatic rings. The van der Waals surface area contributed by atoms with Crippen molar-refractivity contribution in [3.8, 4) is 0 Å².